The quantitative estimate of drug-likeness (QED) is 0.692. The topological polar surface area (TPSA) is 59.8 Å². The Hall–Kier alpha value is -1.88. The second-order valence-electron chi connectivity index (χ2n) is 7.87. The van der Waals surface area contributed by atoms with Gasteiger partial charge in [0.15, 0.2) is 0 Å². The van der Waals surface area contributed by atoms with E-state index in [4.69, 9.17) is 11.6 Å². The zero-order valence-electron chi connectivity index (χ0n) is 16.5. The molecule has 1 heterocycles. The molecule has 27 heavy (non-hydrogen) atoms. The first-order valence-corrected chi connectivity index (χ1v) is 10.3. The van der Waals surface area contributed by atoms with Crippen LogP contribution >= 0.6 is 11.6 Å². The summed E-state index contributed by atoms with van der Waals surface area (Å²) in [5.74, 6) is 2.71. The molecule has 0 spiro atoms. The van der Waals surface area contributed by atoms with Gasteiger partial charge in [-0.05, 0) is 49.3 Å². The summed E-state index contributed by atoms with van der Waals surface area (Å²) in [5.41, 5.74) is 2.07. The zero-order chi connectivity index (χ0) is 19.4. The number of nitrogens with one attached hydrogen (secondary N) is 1. The highest BCUT2D eigenvalue weighted by molar-refractivity contribution is 6.31. The van der Waals surface area contributed by atoms with Gasteiger partial charge in [-0.2, -0.15) is 0 Å². The summed E-state index contributed by atoms with van der Waals surface area (Å²) in [7, 11) is 0. The number of benzene rings is 1. The zero-order valence-corrected chi connectivity index (χ0v) is 17.2. The Morgan fingerprint density at radius 1 is 1.26 bits per heavy atom. The molecule has 146 valence electrons. The molecular weight excluding hydrogens is 360 g/mol. The predicted molar refractivity (Wildman–Crippen MR) is 108 cm³/mol. The lowest BCUT2D eigenvalue weighted by atomic mass is 10.1. The van der Waals surface area contributed by atoms with Crippen LogP contribution in [0.4, 0.5) is 0 Å². The highest BCUT2D eigenvalue weighted by Crippen LogP contribution is 2.37. The van der Waals surface area contributed by atoms with Crippen molar-refractivity contribution in [2.75, 3.05) is 0 Å². The standard InChI is InChI=1S/C21H29ClN4O/c1-14(2)7-10-19-24-25-20(26(19)17-8-9-17)11-12-21(27)23-13-16-5-4-6-18(22)15(16)3/h4-6,14,17H,7-13H2,1-3H3,(H,23,27). The fourth-order valence-electron chi connectivity index (χ4n) is 3.22. The lowest BCUT2D eigenvalue weighted by Crippen LogP contribution is -2.24. The first kappa shape index (κ1) is 19.9. The third-order valence-electron chi connectivity index (χ3n) is 5.13. The average Bonchev–Trinajstić information content (AvgIpc) is 3.39. The van der Waals surface area contributed by atoms with Gasteiger partial charge in [0.05, 0.1) is 0 Å². The molecule has 1 aliphatic carbocycles. The summed E-state index contributed by atoms with van der Waals surface area (Å²) in [6.45, 7) is 6.93. The molecule has 0 saturated heterocycles. The maximum Gasteiger partial charge on any atom is 0.220 e. The molecule has 0 unspecified atom stereocenters. The van der Waals surface area contributed by atoms with Crippen LogP contribution in [0.2, 0.25) is 5.02 Å². The number of rotatable bonds is 9. The first-order chi connectivity index (χ1) is 13.0. The molecule has 0 aliphatic heterocycles. The molecule has 0 atom stereocenters. The maximum atomic E-state index is 12.3. The second kappa shape index (κ2) is 8.87. The number of halogens is 1. The van der Waals surface area contributed by atoms with Gasteiger partial charge in [-0.15, -0.1) is 10.2 Å². The van der Waals surface area contributed by atoms with Crippen LogP contribution in [0.3, 0.4) is 0 Å². The molecular formula is C21H29ClN4O. The van der Waals surface area contributed by atoms with Crippen molar-refractivity contribution in [1.29, 1.82) is 0 Å². The van der Waals surface area contributed by atoms with Crippen LogP contribution in [0.15, 0.2) is 18.2 Å². The molecule has 1 fully saturated rings. The third-order valence-corrected chi connectivity index (χ3v) is 5.54. The van der Waals surface area contributed by atoms with Gasteiger partial charge in [0.1, 0.15) is 11.6 Å². The van der Waals surface area contributed by atoms with Crippen LogP contribution in [0.25, 0.3) is 0 Å². The van der Waals surface area contributed by atoms with Crippen molar-refractivity contribution in [3.8, 4) is 0 Å². The Morgan fingerprint density at radius 2 is 1.96 bits per heavy atom. The number of aromatic nitrogens is 3. The van der Waals surface area contributed by atoms with E-state index in [1.165, 1.54) is 12.8 Å². The molecule has 0 bridgehead atoms. The lowest BCUT2D eigenvalue weighted by Gasteiger charge is -2.11. The largest absolute Gasteiger partial charge is 0.352 e. The summed E-state index contributed by atoms with van der Waals surface area (Å²) >= 11 is 6.14. The van der Waals surface area contributed by atoms with Gasteiger partial charge < -0.3 is 9.88 Å². The molecule has 1 amide bonds. The maximum absolute atomic E-state index is 12.3. The molecule has 1 aliphatic rings. The molecule has 1 N–H and O–H groups in total. The van der Waals surface area contributed by atoms with Gasteiger partial charge in [-0.3, -0.25) is 4.79 Å². The van der Waals surface area contributed by atoms with Gasteiger partial charge in [-0.25, -0.2) is 0 Å². The molecule has 3 rings (SSSR count). The van der Waals surface area contributed by atoms with E-state index < -0.39 is 0 Å². The number of carbonyl (C=O) groups excluding carboxylic acids is 1. The Morgan fingerprint density at radius 3 is 2.63 bits per heavy atom. The van der Waals surface area contributed by atoms with E-state index in [2.05, 4.69) is 33.9 Å². The van der Waals surface area contributed by atoms with Crippen LogP contribution in [0, 0.1) is 12.8 Å². The van der Waals surface area contributed by atoms with Crippen LogP contribution in [0.1, 0.15) is 68.3 Å². The van der Waals surface area contributed by atoms with Gasteiger partial charge in [0.2, 0.25) is 5.91 Å². The molecule has 5 nitrogen and oxygen atoms in total. The molecule has 6 heteroatoms. The number of hydrogen-bond donors (Lipinski definition) is 1. The van der Waals surface area contributed by atoms with E-state index in [9.17, 15) is 4.79 Å². The molecule has 2 aromatic rings. The van der Waals surface area contributed by atoms with Crippen molar-refractivity contribution < 1.29 is 4.79 Å². The van der Waals surface area contributed by atoms with Gasteiger partial charge >= 0.3 is 0 Å². The van der Waals surface area contributed by atoms with Crippen LogP contribution in [0.5, 0.6) is 0 Å². The summed E-state index contributed by atoms with van der Waals surface area (Å²) in [5, 5.41) is 12.5. The number of carbonyl (C=O) groups is 1. The van der Waals surface area contributed by atoms with Gasteiger partial charge in [0, 0.05) is 36.9 Å². The molecule has 1 aromatic carbocycles. The fourth-order valence-corrected chi connectivity index (χ4v) is 3.42. The van der Waals surface area contributed by atoms with Gasteiger partial charge in [0.25, 0.3) is 0 Å². The van der Waals surface area contributed by atoms with E-state index >= 15 is 0 Å². The first-order valence-electron chi connectivity index (χ1n) is 9.89. The monoisotopic (exact) mass is 388 g/mol. The highest BCUT2D eigenvalue weighted by Gasteiger charge is 2.29. The van der Waals surface area contributed by atoms with Crippen LogP contribution in [-0.2, 0) is 24.2 Å². The summed E-state index contributed by atoms with van der Waals surface area (Å²) < 4.78 is 2.29. The predicted octanol–water partition coefficient (Wildman–Crippen LogP) is 4.41. The third kappa shape index (κ3) is 5.32. The van der Waals surface area contributed by atoms with Crippen molar-refractivity contribution in [3.63, 3.8) is 0 Å². The fraction of sp³-hybridized carbons (Fsp3) is 0.571. The Balaban J connectivity index is 1.55. The minimum absolute atomic E-state index is 0.0310. The van der Waals surface area contributed by atoms with Crippen molar-refractivity contribution in [1.82, 2.24) is 20.1 Å². The van der Waals surface area contributed by atoms with Crippen molar-refractivity contribution in [2.45, 2.75) is 71.9 Å². The number of hydrogen-bond acceptors (Lipinski definition) is 3. The lowest BCUT2D eigenvalue weighted by molar-refractivity contribution is -0.121. The Kier molecular flexibility index (Phi) is 6.53. The van der Waals surface area contributed by atoms with E-state index in [1.807, 2.05) is 25.1 Å². The van der Waals surface area contributed by atoms with Gasteiger partial charge in [-0.1, -0.05) is 37.6 Å². The Labute approximate surface area is 166 Å². The van der Waals surface area contributed by atoms with Crippen molar-refractivity contribution >= 4 is 17.5 Å². The van der Waals surface area contributed by atoms with E-state index in [-0.39, 0.29) is 5.91 Å². The second-order valence-corrected chi connectivity index (χ2v) is 8.27. The van der Waals surface area contributed by atoms with E-state index in [0.29, 0.717) is 31.3 Å². The average molecular weight is 389 g/mol. The SMILES string of the molecule is Cc1c(Cl)cccc1CNC(=O)CCc1nnc(CCC(C)C)n1C1CC1. The van der Waals surface area contributed by atoms with Crippen molar-refractivity contribution in [3.05, 3.63) is 46.0 Å². The molecule has 1 aromatic heterocycles. The number of aryl methyl sites for hydroxylation is 2. The summed E-state index contributed by atoms with van der Waals surface area (Å²) in [6, 6.07) is 6.30. The summed E-state index contributed by atoms with van der Waals surface area (Å²) in [6.07, 6.45) is 5.52. The minimum Gasteiger partial charge on any atom is -0.352 e. The normalized spacial score (nSPS) is 14.0. The smallest absolute Gasteiger partial charge is 0.220 e. The summed E-state index contributed by atoms with van der Waals surface area (Å²) in [4.78, 5) is 12.3. The van der Waals surface area contributed by atoms with E-state index in [0.717, 1.165) is 40.6 Å². The highest BCUT2D eigenvalue weighted by atomic mass is 35.5. The van der Waals surface area contributed by atoms with Crippen molar-refractivity contribution in [2.24, 2.45) is 5.92 Å². The minimum atomic E-state index is 0.0310. The molecule has 1 saturated carbocycles. The Bertz CT molecular complexity index is 795. The number of nitrogens with zero attached hydrogens (tertiary/aromatic N) is 3. The molecule has 0 radical (unpaired) electrons. The van der Waals surface area contributed by atoms with E-state index in [1.54, 1.807) is 0 Å². The van der Waals surface area contributed by atoms with Crippen LogP contribution < -0.4 is 5.32 Å². The van der Waals surface area contributed by atoms with Crippen LogP contribution in [-0.4, -0.2) is 20.7 Å². The number of amides is 1.